The largest absolute Gasteiger partial charge is 0.494 e. The predicted molar refractivity (Wildman–Crippen MR) is 125 cm³/mol. The molecule has 2 N–H and O–H groups in total. The van der Waals surface area contributed by atoms with E-state index >= 15 is 0 Å². The molecule has 0 fully saturated rings. The number of carbonyl (C=O) groups excluding carboxylic acids is 1. The first-order valence-corrected chi connectivity index (χ1v) is 10.3. The van der Waals surface area contributed by atoms with Crippen molar-refractivity contribution < 1.29 is 19.0 Å². The van der Waals surface area contributed by atoms with Crippen LogP contribution in [0.1, 0.15) is 17.3 Å². The van der Waals surface area contributed by atoms with Gasteiger partial charge in [-0.05, 0) is 61.6 Å². The molecule has 160 valence electrons. The minimum Gasteiger partial charge on any atom is -0.494 e. The number of rotatable bonds is 9. The number of amides is 1. The Kier molecular flexibility index (Phi) is 8.25. The molecule has 0 radical (unpaired) electrons. The number of anilines is 1. The highest BCUT2D eigenvalue weighted by Gasteiger charge is 2.11. The molecule has 31 heavy (non-hydrogen) atoms. The van der Waals surface area contributed by atoms with Crippen molar-refractivity contribution in [3.63, 3.8) is 0 Å². The second-order valence-corrected chi connectivity index (χ2v) is 6.78. The van der Waals surface area contributed by atoms with Gasteiger partial charge in [-0.15, -0.1) is 0 Å². The molecule has 0 aliphatic carbocycles. The normalized spacial score (nSPS) is 10.1. The van der Waals surface area contributed by atoms with Gasteiger partial charge >= 0.3 is 0 Å². The van der Waals surface area contributed by atoms with Crippen molar-refractivity contribution in [1.82, 2.24) is 5.32 Å². The van der Waals surface area contributed by atoms with Crippen molar-refractivity contribution in [3.8, 4) is 17.2 Å². The Balaban J connectivity index is 1.53. The fourth-order valence-electron chi connectivity index (χ4n) is 2.75. The van der Waals surface area contributed by atoms with Crippen molar-refractivity contribution in [2.75, 3.05) is 25.1 Å². The van der Waals surface area contributed by atoms with E-state index in [1.807, 2.05) is 61.5 Å². The molecule has 0 heterocycles. The number of carbonyl (C=O) groups is 1. The number of ether oxygens (including phenoxy) is 3. The average Bonchev–Trinajstić information content (AvgIpc) is 2.79. The summed E-state index contributed by atoms with van der Waals surface area (Å²) in [6.07, 6.45) is 0. The van der Waals surface area contributed by atoms with Crippen LogP contribution in [0, 0.1) is 0 Å². The fourth-order valence-corrected chi connectivity index (χ4v) is 2.95. The van der Waals surface area contributed by atoms with E-state index in [4.69, 9.17) is 26.4 Å². The van der Waals surface area contributed by atoms with Gasteiger partial charge in [0.15, 0.2) is 5.11 Å². The second kappa shape index (κ2) is 11.6. The van der Waals surface area contributed by atoms with Crippen LogP contribution in [0.15, 0.2) is 78.9 Å². The van der Waals surface area contributed by atoms with Crippen molar-refractivity contribution in [2.24, 2.45) is 0 Å². The quantitative estimate of drug-likeness (QED) is 0.375. The van der Waals surface area contributed by atoms with Gasteiger partial charge < -0.3 is 19.5 Å². The highest BCUT2D eigenvalue weighted by atomic mass is 32.1. The van der Waals surface area contributed by atoms with Gasteiger partial charge in [0, 0.05) is 5.56 Å². The standard InChI is InChI=1S/C24H24N2O4S/c1-2-28-20-12-8-9-18(17-20)23(27)26-24(31)25-21-13-6-7-14-22(21)30-16-15-29-19-10-4-3-5-11-19/h3-14,17H,2,15-16H2,1H3,(H2,25,26,27,31). The highest BCUT2D eigenvalue weighted by molar-refractivity contribution is 7.80. The predicted octanol–water partition coefficient (Wildman–Crippen LogP) is 4.67. The van der Waals surface area contributed by atoms with Gasteiger partial charge in [0.25, 0.3) is 5.91 Å². The first-order valence-electron chi connectivity index (χ1n) is 9.90. The highest BCUT2D eigenvalue weighted by Crippen LogP contribution is 2.23. The molecule has 0 saturated heterocycles. The third kappa shape index (κ3) is 7.01. The van der Waals surface area contributed by atoms with Crippen molar-refractivity contribution >= 4 is 28.9 Å². The van der Waals surface area contributed by atoms with E-state index in [1.54, 1.807) is 24.3 Å². The maximum Gasteiger partial charge on any atom is 0.257 e. The van der Waals surface area contributed by atoms with Crippen LogP contribution in [0.5, 0.6) is 17.2 Å². The summed E-state index contributed by atoms with van der Waals surface area (Å²) in [6, 6.07) is 23.8. The first kappa shape index (κ1) is 22.1. The minimum absolute atomic E-state index is 0.170. The first-order chi connectivity index (χ1) is 15.2. The molecular weight excluding hydrogens is 412 g/mol. The molecule has 0 bridgehead atoms. The zero-order chi connectivity index (χ0) is 21.9. The zero-order valence-electron chi connectivity index (χ0n) is 17.2. The molecule has 0 saturated carbocycles. The summed E-state index contributed by atoms with van der Waals surface area (Å²) < 4.78 is 16.9. The molecule has 0 aliphatic rings. The zero-order valence-corrected chi connectivity index (χ0v) is 18.0. The second-order valence-electron chi connectivity index (χ2n) is 6.38. The lowest BCUT2D eigenvalue weighted by molar-refractivity contribution is 0.0977. The van der Waals surface area contributed by atoms with Gasteiger partial charge in [0.1, 0.15) is 30.5 Å². The number of hydrogen-bond donors (Lipinski definition) is 2. The van der Waals surface area contributed by atoms with Crippen LogP contribution in [-0.2, 0) is 0 Å². The van der Waals surface area contributed by atoms with Crippen molar-refractivity contribution in [3.05, 3.63) is 84.4 Å². The van der Waals surface area contributed by atoms with Crippen LogP contribution in [0.4, 0.5) is 5.69 Å². The molecule has 7 heteroatoms. The Morgan fingerprint density at radius 2 is 1.55 bits per heavy atom. The van der Waals surface area contributed by atoms with E-state index in [-0.39, 0.29) is 11.0 Å². The van der Waals surface area contributed by atoms with Crippen LogP contribution in [0.25, 0.3) is 0 Å². The number of para-hydroxylation sites is 3. The average molecular weight is 437 g/mol. The van der Waals surface area contributed by atoms with Crippen LogP contribution >= 0.6 is 12.2 Å². The summed E-state index contributed by atoms with van der Waals surface area (Å²) in [4.78, 5) is 12.5. The summed E-state index contributed by atoms with van der Waals surface area (Å²) in [5.41, 5.74) is 1.10. The van der Waals surface area contributed by atoms with Crippen LogP contribution < -0.4 is 24.8 Å². The Hall–Kier alpha value is -3.58. The van der Waals surface area contributed by atoms with Gasteiger partial charge in [-0.2, -0.15) is 0 Å². The van der Waals surface area contributed by atoms with Crippen molar-refractivity contribution in [1.29, 1.82) is 0 Å². The molecule has 3 aromatic rings. The molecule has 0 aromatic heterocycles. The van der Waals surface area contributed by atoms with Crippen LogP contribution in [0.3, 0.4) is 0 Å². The molecule has 0 unspecified atom stereocenters. The number of benzene rings is 3. The summed E-state index contributed by atoms with van der Waals surface area (Å²) in [5.74, 6) is 1.70. The van der Waals surface area contributed by atoms with Gasteiger partial charge in [-0.3, -0.25) is 10.1 Å². The maximum absolute atomic E-state index is 12.5. The van der Waals surface area contributed by atoms with E-state index in [0.29, 0.717) is 42.6 Å². The topological polar surface area (TPSA) is 68.8 Å². The maximum atomic E-state index is 12.5. The molecule has 1 amide bonds. The monoisotopic (exact) mass is 436 g/mol. The lowest BCUT2D eigenvalue weighted by Crippen LogP contribution is -2.34. The summed E-state index contributed by atoms with van der Waals surface area (Å²) in [6.45, 7) is 3.17. The van der Waals surface area contributed by atoms with Gasteiger partial charge in [-0.25, -0.2) is 0 Å². The molecular formula is C24H24N2O4S. The van der Waals surface area contributed by atoms with E-state index < -0.39 is 0 Å². The Labute approximate surface area is 187 Å². The third-order valence-corrected chi connectivity index (χ3v) is 4.33. The molecule has 0 spiro atoms. The molecule has 0 atom stereocenters. The Morgan fingerprint density at radius 1 is 0.839 bits per heavy atom. The van der Waals surface area contributed by atoms with Gasteiger partial charge in [0.05, 0.1) is 12.3 Å². The molecule has 3 aromatic carbocycles. The number of thiocarbonyl (C=S) groups is 1. The van der Waals surface area contributed by atoms with E-state index in [1.165, 1.54) is 0 Å². The molecule has 6 nitrogen and oxygen atoms in total. The third-order valence-electron chi connectivity index (χ3n) is 4.12. The smallest absolute Gasteiger partial charge is 0.257 e. The summed E-state index contributed by atoms with van der Waals surface area (Å²) >= 11 is 5.30. The SMILES string of the molecule is CCOc1cccc(C(=O)NC(=S)Nc2ccccc2OCCOc2ccccc2)c1. The minimum atomic E-state index is -0.325. The lowest BCUT2D eigenvalue weighted by atomic mass is 10.2. The van der Waals surface area contributed by atoms with Crippen LogP contribution in [0.2, 0.25) is 0 Å². The summed E-state index contributed by atoms with van der Waals surface area (Å²) in [5, 5.41) is 5.86. The number of hydrogen-bond acceptors (Lipinski definition) is 5. The van der Waals surface area contributed by atoms with E-state index in [9.17, 15) is 4.79 Å². The van der Waals surface area contributed by atoms with Crippen molar-refractivity contribution in [2.45, 2.75) is 6.92 Å². The summed E-state index contributed by atoms with van der Waals surface area (Å²) in [7, 11) is 0. The van der Waals surface area contributed by atoms with E-state index in [2.05, 4.69) is 10.6 Å². The number of nitrogens with one attached hydrogen (secondary N) is 2. The van der Waals surface area contributed by atoms with Gasteiger partial charge in [0.2, 0.25) is 0 Å². The van der Waals surface area contributed by atoms with E-state index in [0.717, 1.165) is 5.75 Å². The molecule has 3 rings (SSSR count). The Bertz CT molecular complexity index is 1010. The Morgan fingerprint density at radius 3 is 2.35 bits per heavy atom. The fraction of sp³-hybridized carbons (Fsp3) is 0.167. The molecule has 0 aliphatic heterocycles. The lowest BCUT2D eigenvalue weighted by Gasteiger charge is -2.15. The van der Waals surface area contributed by atoms with Gasteiger partial charge in [-0.1, -0.05) is 36.4 Å². The van der Waals surface area contributed by atoms with Crippen LogP contribution in [-0.4, -0.2) is 30.8 Å².